The standard InChI is InChI=1S/C11H15N3O3.ClH/c1-7(2)10(12)11(15)13-8-3-5-9(6-4-8)14(16)17;/h3-7,10H,12H2,1-2H3,(H,13,15);1H/t10-;/m1./s1. The molecule has 0 spiro atoms. The molecule has 7 heteroatoms. The second kappa shape index (κ2) is 6.93. The number of nitrogens with one attached hydrogen (secondary N) is 1. The van der Waals surface area contributed by atoms with Gasteiger partial charge in [0.15, 0.2) is 0 Å². The topological polar surface area (TPSA) is 98.3 Å². The second-order valence-electron chi connectivity index (χ2n) is 4.06. The quantitative estimate of drug-likeness (QED) is 0.647. The number of nitro groups is 1. The van der Waals surface area contributed by atoms with Gasteiger partial charge in [0, 0.05) is 17.8 Å². The number of carbonyl (C=O) groups excluding carboxylic acids is 1. The number of rotatable bonds is 4. The molecule has 1 amide bonds. The maximum absolute atomic E-state index is 11.6. The van der Waals surface area contributed by atoms with E-state index >= 15 is 0 Å². The summed E-state index contributed by atoms with van der Waals surface area (Å²) < 4.78 is 0. The molecule has 0 aliphatic carbocycles. The highest BCUT2D eigenvalue weighted by Gasteiger charge is 2.17. The van der Waals surface area contributed by atoms with Crippen LogP contribution in [-0.2, 0) is 4.79 Å². The third kappa shape index (κ3) is 4.31. The van der Waals surface area contributed by atoms with Crippen molar-refractivity contribution in [2.45, 2.75) is 19.9 Å². The van der Waals surface area contributed by atoms with Gasteiger partial charge in [-0.2, -0.15) is 0 Å². The fraction of sp³-hybridized carbons (Fsp3) is 0.364. The van der Waals surface area contributed by atoms with E-state index in [1.807, 2.05) is 13.8 Å². The van der Waals surface area contributed by atoms with Crippen molar-refractivity contribution in [1.82, 2.24) is 0 Å². The minimum Gasteiger partial charge on any atom is -0.325 e. The molecule has 1 aromatic rings. The Hall–Kier alpha value is -1.66. The van der Waals surface area contributed by atoms with Gasteiger partial charge in [-0.15, -0.1) is 12.4 Å². The van der Waals surface area contributed by atoms with Gasteiger partial charge in [0.2, 0.25) is 5.91 Å². The van der Waals surface area contributed by atoms with Gasteiger partial charge < -0.3 is 11.1 Å². The first-order valence-electron chi connectivity index (χ1n) is 5.22. The molecular weight excluding hydrogens is 258 g/mol. The average Bonchev–Trinajstić information content (AvgIpc) is 2.28. The van der Waals surface area contributed by atoms with E-state index in [0.29, 0.717) is 5.69 Å². The molecule has 0 heterocycles. The first-order chi connectivity index (χ1) is 7.91. The van der Waals surface area contributed by atoms with E-state index in [2.05, 4.69) is 5.32 Å². The van der Waals surface area contributed by atoms with E-state index in [9.17, 15) is 14.9 Å². The van der Waals surface area contributed by atoms with Gasteiger partial charge in [-0.3, -0.25) is 14.9 Å². The summed E-state index contributed by atoms with van der Waals surface area (Å²) >= 11 is 0. The number of benzene rings is 1. The molecule has 0 saturated carbocycles. The van der Waals surface area contributed by atoms with Crippen molar-refractivity contribution in [3.05, 3.63) is 34.4 Å². The minimum atomic E-state index is -0.592. The van der Waals surface area contributed by atoms with Crippen LogP contribution in [0.25, 0.3) is 0 Å². The highest BCUT2D eigenvalue weighted by Crippen LogP contribution is 2.15. The Morgan fingerprint density at radius 1 is 1.33 bits per heavy atom. The molecule has 0 fully saturated rings. The normalized spacial score (nSPS) is 11.6. The molecular formula is C11H16ClN3O3. The molecule has 0 radical (unpaired) electrons. The van der Waals surface area contributed by atoms with Gasteiger partial charge in [-0.1, -0.05) is 13.8 Å². The summed E-state index contributed by atoms with van der Waals surface area (Å²) in [6.07, 6.45) is 0. The largest absolute Gasteiger partial charge is 0.325 e. The van der Waals surface area contributed by atoms with Crippen LogP contribution in [0.4, 0.5) is 11.4 Å². The number of anilines is 1. The Kier molecular flexibility index (Phi) is 6.29. The summed E-state index contributed by atoms with van der Waals surface area (Å²) in [5, 5.41) is 13.0. The van der Waals surface area contributed by atoms with Gasteiger partial charge in [-0.05, 0) is 18.1 Å². The van der Waals surface area contributed by atoms with Crippen LogP contribution >= 0.6 is 12.4 Å². The Labute approximate surface area is 111 Å². The van der Waals surface area contributed by atoms with Crippen molar-refractivity contribution in [2.75, 3.05) is 5.32 Å². The lowest BCUT2D eigenvalue weighted by molar-refractivity contribution is -0.384. The Balaban J connectivity index is 0.00000289. The molecule has 0 aliphatic heterocycles. The first-order valence-corrected chi connectivity index (χ1v) is 5.22. The number of hydrogen-bond acceptors (Lipinski definition) is 4. The number of nitrogens with two attached hydrogens (primary N) is 1. The highest BCUT2D eigenvalue weighted by atomic mass is 35.5. The second-order valence-corrected chi connectivity index (χ2v) is 4.06. The molecule has 0 aliphatic rings. The molecule has 1 atom stereocenters. The molecule has 0 bridgehead atoms. The van der Waals surface area contributed by atoms with Crippen LogP contribution in [0.1, 0.15) is 13.8 Å². The molecule has 0 aromatic heterocycles. The van der Waals surface area contributed by atoms with E-state index in [0.717, 1.165) is 0 Å². The lowest BCUT2D eigenvalue weighted by Crippen LogP contribution is -2.39. The van der Waals surface area contributed by atoms with Crippen molar-refractivity contribution < 1.29 is 9.72 Å². The van der Waals surface area contributed by atoms with E-state index in [1.54, 1.807) is 0 Å². The Morgan fingerprint density at radius 2 is 1.83 bits per heavy atom. The van der Waals surface area contributed by atoms with Crippen LogP contribution in [0.15, 0.2) is 24.3 Å². The summed E-state index contributed by atoms with van der Waals surface area (Å²) in [7, 11) is 0. The molecule has 3 N–H and O–H groups in total. The minimum absolute atomic E-state index is 0. The van der Waals surface area contributed by atoms with E-state index in [1.165, 1.54) is 24.3 Å². The molecule has 18 heavy (non-hydrogen) atoms. The van der Waals surface area contributed by atoms with E-state index in [4.69, 9.17) is 5.73 Å². The van der Waals surface area contributed by atoms with Crippen LogP contribution in [0.2, 0.25) is 0 Å². The summed E-state index contributed by atoms with van der Waals surface area (Å²) in [5.41, 5.74) is 6.15. The zero-order valence-electron chi connectivity index (χ0n) is 10.1. The van der Waals surface area contributed by atoms with E-state index in [-0.39, 0.29) is 29.9 Å². The lowest BCUT2D eigenvalue weighted by Gasteiger charge is -2.15. The Bertz CT molecular complexity index is 420. The van der Waals surface area contributed by atoms with Crippen LogP contribution < -0.4 is 11.1 Å². The summed E-state index contributed by atoms with van der Waals surface area (Å²) in [5.74, 6) is -0.262. The Morgan fingerprint density at radius 3 is 2.22 bits per heavy atom. The van der Waals surface area contributed by atoms with Crippen LogP contribution in [0.5, 0.6) is 0 Å². The number of non-ortho nitro benzene ring substituents is 1. The van der Waals surface area contributed by atoms with Crippen molar-refractivity contribution in [1.29, 1.82) is 0 Å². The number of hydrogen-bond donors (Lipinski definition) is 2. The molecule has 1 aromatic carbocycles. The number of halogens is 1. The number of nitrogens with zero attached hydrogens (tertiary/aromatic N) is 1. The fourth-order valence-electron chi connectivity index (χ4n) is 1.19. The number of amides is 1. The zero-order chi connectivity index (χ0) is 13.0. The van der Waals surface area contributed by atoms with Crippen LogP contribution in [0.3, 0.4) is 0 Å². The summed E-state index contributed by atoms with van der Waals surface area (Å²) in [4.78, 5) is 21.5. The van der Waals surface area contributed by atoms with Crippen molar-refractivity contribution in [3.63, 3.8) is 0 Å². The number of carbonyl (C=O) groups is 1. The van der Waals surface area contributed by atoms with Crippen LogP contribution in [0, 0.1) is 16.0 Å². The third-order valence-electron chi connectivity index (χ3n) is 2.37. The van der Waals surface area contributed by atoms with Crippen LogP contribution in [-0.4, -0.2) is 16.9 Å². The zero-order valence-corrected chi connectivity index (χ0v) is 10.9. The van der Waals surface area contributed by atoms with Crippen molar-refractivity contribution >= 4 is 29.7 Å². The van der Waals surface area contributed by atoms with Crippen molar-refractivity contribution in [3.8, 4) is 0 Å². The predicted octanol–water partition coefficient (Wildman–Crippen LogP) is 1.94. The average molecular weight is 274 g/mol. The SMILES string of the molecule is CC(C)[C@@H](N)C(=O)Nc1ccc([N+](=O)[O-])cc1.Cl. The fourth-order valence-corrected chi connectivity index (χ4v) is 1.19. The smallest absolute Gasteiger partial charge is 0.269 e. The maximum Gasteiger partial charge on any atom is 0.269 e. The van der Waals surface area contributed by atoms with Gasteiger partial charge >= 0.3 is 0 Å². The molecule has 100 valence electrons. The van der Waals surface area contributed by atoms with Gasteiger partial charge in [0.1, 0.15) is 0 Å². The summed E-state index contributed by atoms with van der Waals surface area (Å²) in [6, 6.07) is 5.02. The predicted molar refractivity (Wildman–Crippen MR) is 71.8 cm³/mol. The molecule has 0 unspecified atom stereocenters. The summed E-state index contributed by atoms with van der Waals surface area (Å²) in [6.45, 7) is 3.69. The van der Waals surface area contributed by atoms with E-state index < -0.39 is 11.0 Å². The molecule has 1 rings (SSSR count). The van der Waals surface area contributed by atoms with Crippen molar-refractivity contribution in [2.24, 2.45) is 11.7 Å². The molecule has 0 saturated heterocycles. The monoisotopic (exact) mass is 273 g/mol. The maximum atomic E-state index is 11.6. The highest BCUT2D eigenvalue weighted by molar-refractivity contribution is 5.94. The molecule has 6 nitrogen and oxygen atoms in total. The van der Waals surface area contributed by atoms with Gasteiger partial charge in [-0.25, -0.2) is 0 Å². The van der Waals surface area contributed by atoms with Gasteiger partial charge in [0.05, 0.1) is 11.0 Å². The van der Waals surface area contributed by atoms with Gasteiger partial charge in [0.25, 0.3) is 5.69 Å². The first kappa shape index (κ1) is 16.3. The number of nitro benzene ring substituents is 1. The third-order valence-corrected chi connectivity index (χ3v) is 2.37. The lowest BCUT2D eigenvalue weighted by atomic mass is 10.0.